The van der Waals surface area contributed by atoms with Crippen molar-refractivity contribution in [2.75, 3.05) is 6.54 Å². The Balaban J connectivity index is 1.50. The highest BCUT2D eigenvalue weighted by atomic mass is 32.2. The van der Waals surface area contributed by atoms with Crippen LogP contribution in [0.15, 0.2) is 59.5 Å². The van der Waals surface area contributed by atoms with Gasteiger partial charge in [0.2, 0.25) is 11.8 Å². The number of sulfone groups is 1. The average molecular weight is 630 g/mol. The monoisotopic (exact) mass is 629 g/mol. The van der Waals surface area contributed by atoms with Crippen molar-refractivity contribution >= 4 is 49.0 Å². The first kappa shape index (κ1) is 30.4. The molecule has 1 fully saturated rings. The van der Waals surface area contributed by atoms with Gasteiger partial charge in [0.1, 0.15) is 16.6 Å². The minimum atomic E-state index is -4.71. The van der Waals surface area contributed by atoms with E-state index in [0.29, 0.717) is 35.2 Å². The molecule has 0 bridgehead atoms. The Morgan fingerprint density at radius 2 is 1.70 bits per heavy atom. The smallest absolute Gasteiger partial charge is 0.246 e. The molecule has 0 radical (unpaired) electrons. The molecular weight excluding hydrogens is 603 g/mol. The van der Waals surface area contributed by atoms with Crippen LogP contribution in [0, 0.1) is 17.5 Å². The number of hydrogen-bond donors (Lipinski definition) is 2. The Hall–Kier alpha value is -4.10. The molecule has 0 saturated heterocycles. The predicted molar refractivity (Wildman–Crippen MR) is 154 cm³/mol. The number of benzene rings is 3. The number of aromatic nitrogens is 1. The van der Waals surface area contributed by atoms with Gasteiger partial charge in [0.25, 0.3) is 0 Å². The normalized spacial score (nSPS) is 14.0. The lowest BCUT2D eigenvalue weighted by Gasteiger charge is -2.16. The predicted octanol–water partition coefficient (Wildman–Crippen LogP) is 4.81. The van der Waals surface area contributed by atoms with Crippen molar-refractivity contribution in [3.8, 4) is 11.1 Å². The van der Waals surface area contributed by atoms with E-state index in [1.165, 1.54) is 13.0 Å². The summed E-state index contributed by atoms with van der Waals surface area (Å²) in [6.07, 6.45) is 2.55. The summed E-state index contributed by atoms with van der Waals surface area (Å²) in [5.41, 5.74) is 1.74. The highest BCUT2D eigenvalue weighted by Crippen LogP contribution is 2.37. The number of hydrogen-bond acceptors (Lipinski definition) is 7. The van der Waals surface area contributed by atoms with Gasteiger partial charge in [-0.25, -0.2) is 26.6 Å². The maximum Gasteiger partial charge on any atom is 0.246 e. The number of carbonyl (C=O) groups excluding carboxylic acids is 3. The summed E-state index contributed by atoms with van der Waals surface area (Å²) in [4.78, 5) is 40.3. The van der Waals surface area contributed by atoms with Crippen LogP contribution in [0.25, 0.3) is 21.3 Å². The zero-order chi connectivity index (χ0) is 30.9. The van der Waals surface area contributed by atoms with Crippen molar-refractivity contribution in [2.45, 2.75) is 48.8 Å². The Morgan fingerprint density at radius 1 is 0.977 bits per heavy atom. The van der Waals surface area contributed by atoms with E-state index in [1.54, 1.807) is 24.3 Å². The lowest BCUT2D eigenvalue weighted by atomic mass is 10.0. The van der Waals surface area contributed by atoms with Crippen molar-refractivity contribution < 1.29 is 36.0 Å². The van der Waals surface area contributed by atoms with Gasteiger partial charge in [-0.15, -0.1) is 11.3 Å². The summed E-state index contributed by atoms with van der Waals surface area (Å²) >= 11 is 0.826. The first-order valence-corrected chi connectivity index (χ1v) is 15.7. The fourth-order valence-electron chi connectivity index (χ4n) is 4.41. The lowest BCUT2D eigenvalue weighted by molar-refractivity contribution is -0.126. The zero-order valence-corrected chi connectivity index (χ0v) is 24.5. The largest absolute Gasteiger partial charge is 0.352 e. The molecule has 1 aliphatic carbocycles. The molecule has 2 amide bonds. The zero-order valence-electron chi connectivity index (χ0n) is 22.8. The molecular formula is C30H26F3N3O5S2. The Bertz CT molecular complexity index is 1840. The summed E-state index contributed by atoms with van der Waals surface area (Å²) in [5.74, 6) is -4.89. The lowest BCUT2D eigenvalue weighted by Crippen LogP contribution is -2.41. The number of nitrogens with zero attached hydrogens (tertiary/aromatic N) is 1. The number of aryl methyl sites for hydroxylation is 1. The quantitative estimate of drug-likeness (QED) is 0.230. The Labute approximate surface area is 249 Å². The molecule has 13 heteroatoms. The van der Waals surface area contributed by atoms with E-state index in [4.69, 9.17) is 0 Å². The number of thiazole rings is 1. The maximum atomic E-state index is 15.2. The Morgan fingerprint density at radius 3 is 2.35 bits per heavy atom. The molecule has 2 N–H and O–H groups in total. The van der Waals surface area contributed by atoms with E-state index in [2.05, 4.69) is 15.6 Å². The maximum absolute atomic E-state index is 15.2. The number of carbonyl (C=O) groups is 3. The fraction of sp³-hybridized carbons (Fsp3) is 0.267. The van der Waals surface area contributed by atoms with Crippen LogP contribution in [0.4, 0.5) is 13.2 Å². The van der Waals surface area contributed by atoms with E-state index in [0.717, 1.165) is 41.9 Å². The van der Waals surface area contributed by atoms with Crippen LogP contribution < -0.4 is 10.6 Å². The summed E-state index contributed by atoms with van der Waals surface area (Å²) in [6, 6.07) is 11.5. The molecule has 1 aromatic heterocycles. The summed E-state index contributed by atoms with van der Waals surface area (Å²) < 4.78 is 70.5. The average Bonchev–Trinajstić information content (AvgIpc) is 3.68. The highest BCUT2D eigenvalue weighted by Gasteiger charge is 2.39. The number of fused-ring (bicyclic) bond motifs is 1. The third-order valence-corrected chi connectivity index (χ3v) is 10.1. The van der Waals surface area contributed by atoms with Gasteiger partial charge in [-0.05, 0) is 61.6 Å². The van der Waals surface area contributed by atoms with Crippen molar-refractivity contribution in [1.29, 1.82) is 0 Å². The molecule has 4 aromatic rings. The van der Waals surface area contributed by atoms with Crippen molar-refractivity contribution in [3.63, 3.8) is 0 Å². The summed E-state index contributed by atoms with van der Waals surface area (Å²) in [5, 5.41) is 2.71. The third kappa shape index (κ3) is 6.94. The number of rotatable bonds is 11. The minimum absolute atomic E-state index is 0.0104. The van der Waals surface area contributed by atoms with E-state index >= 15 is 4.39 Å². The van der Waals surface area contributed by atoms with E-state index in [-0.39, 0.29) is 27.9 Å². The topological polar surface area (TPSA) is 122 Å². The molecule has 1 heterocycles. The van der Waals surface area contributed by atoms with Gasteiger partial charge in [-0.2, -0.15) is 0 Å². The molecule has 1 unspecified atom stereocenters. The number of Topliss-reactive ketones (excluding diaryl/α,β-unsaturated/α-hetero) is 1. The molecule has 1 aliphatic rings. The molecule has 1 saturated carbocycles. The van der Waals surface area contributed by atoms with Crippen LogP contribution >= 0.6 is 11.3 Å². The van der Waals surface area contributed by atoms with Crippen molar-refractivity contribution in [2.24, 2.45) is 0 Å². The number of amides is 2. The van der Waals surface area contributed by atoms with Crippen LogP contribution in [0.2, 0.25) is 0 Å². The third-order valence-electron chi connectivity index (χ3n) is 6.88. The molecule has 0 spiro atoms. The van der Waals surface area contributed by atoms with Gasteiger partial charge in [0.15, 0.2) is 26.7 Å². The van der Waals surface area contributed by atoms with Gasteiger partial charge in [0.05, 0.1) is 21.7 Å². The van der Waals surface area contributed by atoms with Crippen LogP contribution in [0.3, 0.4) is 0 Å². The van der Waals surface area contributed by atoms with Gasteiger partial charge in [0, 0.05) is 24.1 Å². The Kier molecular flexibility index (Phi) is 8.65. The number of ketones is 1. The fourth-order valence-corrected chi connectivity index (χ4v) is 7.39. The molecule has 1 atom stereocenters. The minimum Gasteiger partial charge on any atom is -0.352 e. The van der Waals surface area contributed by atoms with Crippen LogP contribution in [-0.2, 0) is 30.6 Å². The van der Waals surface area contributed by atoms with Gasteiger partial charge in [-0.3, -0.25) is 9.59 Å². The van der Waals surface area contributed by atoms with Crippen molar-refractivity contribution in [3.05, 3.63) is 82.6 Å². The first-order chi connectivity index (χ1) is 20.4. The second kappa shape index (κ2) is 12.3. The van der Waals surface area contributed by atoms with Gasteiger partial charge < -0.3 is 15.4 Å². The van der Waals surface area contributed by atoms with E-state index in [9.17, 15) is 31.6 Å². The molecule has 3 aromatic carbocycles. The molecule has 43 heavy (non-hydrogen) atoms. The standard InChI is InChI=1S/C30H26F3N3O5S2/c1-16(37)2-3-17-4-6-18(7-5-17)21-13-26-25(14-23(21)32)36-30(42-26)28(29(39)34-15-27(38)35-19-8-9-19)43(40,41)20-10-11-22(31)24(33)12-20/h4-7,10-14,19,28H,2-3,8-9,15H2,1H3,(H,34,39)(H,35,38). The molecule has 5 rings (SSSR count). The number of halogens is 3. The van der Waals surface area contributed by atoms with Crippen molar-refractivity contribution in [1.82, 2.24) is 15.6 Å². The molecule has 8 nitrogen and oxygen atoms in total. The van der Waals surface area contributed by atoms with Crippen LogP contribution in [0.1, 0.15) is 42.0 Å². The van der Waals surface area contributed by atoms with Gasteiger partial charge in [-0.1, -0.05) is 24.3 Å². The second-order valence-corrected chi connectivity index (χ2v) is 13.4. The van der Waals surface area contributed by atoms with Crippen LogP contribution in [0.5, 0.6) is 0 Å². The SMILES string of the molecule is CC(=O)CCc1ccc(-c2cc3sc(C(C(=O)NCC(=O)NC4CC4)S(=O)(=O)c4ccc(F)c(F)c4)nc3cc2F)cc1. The first-order valence-electron chi connectivity index (χ1n) is 13.4. The highest BCUT2D eigenvalue weighted by molar-refractivity contribution is 7.92. The molecule has 224 valence electrons. The van der Waals surface area contributed by atoms with Crippen LogP contribution in [-0.4, -0.2) is 43.6 Å². The second-order valence-electron chi connectivity index (χ2n) is 10.3. The molecule has 0 aliphatic heterocycles. The number of nitrogens with one attached hydrogen (secondary N) is 2. The van der Waals surface area contributed by atoms with Gasteiger partial charge >= 0.3 is 0 Å². The summed E-state index contributed by atoms with van der Waals surface area (Å²) in [6.45, 7) is 0.997. The summed E-state index contributed by atoms with van der Waals surface area (Å²) in [7, 11) is -4.71. The van der Waals surface area contributed by atoms with E-state index in [1.807, 2.05) is 0 Å². The van der Waals surface area contributed by atoms with E-state index < -0.39 is 55.8 Å².